The Balaban J connectivity index is 2.03. The molecule has 0 radical (unpaired) electrons. The Labute approximate surface area is 125 Å². The molecule has 1 aliphatic rings. The van der Waals surface area contributed by atoms with Crippen LogP contribution in [0.5, 0.6) is 0 Å². The molecule has 6 nitrogen and oxygen atoms in total. The second-order valence-electron chi connectivity index (χ2n) is 5.82. The van der Waals surface area contributed by atoms with Crippen LogP contribution in [0.3, 0.4) is 0 Å². The molecular weight excluding hydrogens is 268 g/mol. The zero-order chi connectivity index (χ0) is 15.5. The van der Waals surface area contributed by atoms with Crippen LogP contribution in [-0.2, 0) is 4.79 Å². The minimum atomic E-state index is -0.978. The molecule has 1 aliphatic carbocycles. The number of likely N-dealkylation sites (N-methyl/N-ethyl adjacent to an activating group) is 2. The molecule has 0 spiro atoms. The van der Waals surface area contributed by atoms with E-state index in [-0.39, 0.29) is 5.54 Å². The Morgan fingerprint density at radius 3 is 2.38 bits per heavy atom. The molecule has 0 amide bonds. The minimum Gasteiger partial charge on any atom is -0.478 e. The van der Waals surface area contributed by atoms with Crippen LogP contribution < -0.4 is 4.90 Å². The fourth-order valence-corrected chi connectivity index (χ4v) is 2.63. The Kier molecular flexibility index (Phi) is 4.57. The summed E-state index contributed by atoms with van der Waals surface area (Å²) < 4.78 is 0. The quantitative estimate of drug-likeness (QED) is 0.801. The number of rotatable bonds is 6. The average Bonchev–Trinajstić information content (AvgIpc) is 2.40. The van der Waals surface area contributed by atoms with E-state index in [2.05, 4.69) is 33.9 Å². The van der Waals surface area contributed by atoms with E-state index < -0.39 is 5.97 Å². The lowest BCUT2D eigenvalue weighted by Gasteiger charge is -2.49. The smallest absolute Gasteiger partial charge is 0.328 e. The van der Waals surface area contributed by atoms with Gasteiger partial charge >= 0.3 is 5.97 Å². The van der Waals surface area contributed by atoms with Gasteiger partial charge in [-0.1, -0.05) is 0 Å². The Morgan fingerprint density at radius 1 is 1.33 bits per heavy atom. The highest BCUT2D eigenvalue weighted by Crippen LogP contribution is 2.37. The lowest BCUT2D eigenvalue weighted by Crippen LogP contribution is -2.57. The van der Waals surface area contributed by atoms with Gasteiger partial charge in [-0.2, -0.15) is 0 Å². The lowest BCUT2D eigenvalue weighted by molar-refractivity contribution is -0.131. The number of aromatic nitrogens is 2. The van der Waals surface area contributed by atoms with Gasteiger partial charge in [0.15, 0.2) is 0 Å². The molecular formula is C15H22N4O2. The summed E-state index contributed by atoms with van der Waals surface area (Å²) in [6, 6.07) is 0. The third kappa shape index (κ3) is 3.58. The maximum atomic E-state index is 10.5. The van der Waals surface area contributed by atoms with Crippen LogP contribution in [0.25, 0.3) is 6.08 Å². The van der Waals surface area contributed by atoms with E-state index in [9.17, 15) is 4.79 Å². The predicted molar refractivity (Wildman–Crippen MR) is 82.2 cm³/mol. The topological polar surface area (TPSA) is 69.6 Å². The van der Waals surface area contributed by atoms with E-state index in [4.69, 9.17) is 5.11 Å². The third-order valence-electron chi connectivity index (χ3n) is 4.18. The van der Waals surface area contributed by atoms with Gasteiger partial charge in [-0.25, -0.2) is 14.8 Å². The molecule has 0 bridgehead atoms. The number of carbonyl (C=O) groups is 1. The average molecular weight is 290 g/mol. The zero-order valence-electron chi connectivity index (χ0n) is 12.8. The summed E-state index contributed by atoms with van der Waals surface area (Å²) in [6.07, 6.45) is 9.51. The van der Waals surface area contributed by atoms with Gasteiger partial charge in [0.1, 0.15) is 0 Å². The molecule has 0 unspecified atom stereocenters. The second kappa shape index (κ2) is 6.22. The van der Waals surface area contributed by atoms with Crippen molar-refractivity contribution in [2.24, 2.45) is 0 Å². The summed E-state index contributed by atoms with van der Waals surface area (Å²) in [5.41, 5.74) is 0.903. The van der Waals surface area contributed by atoms with E-state index in [1.54, 1.807) is 12.4 Å². The molecule has 1 N–H and O–H groups in total. The van der Waals surface area contributed by atoms with Gasteiger partial charge in [0, 0.05) is 43.2 Å². The summed E-state index contributed by atoms with van der Waals surface area (Å²) in [5, 5.41) is 8.59. The van der Waals surface area contributed by atoms with E-state index in [1.807, 2.05) is 7.05 Å². The Hall–Kier alpha value is -1.95. The van der Waals surface area contributed by atoms with Crippen LogP contribution in [0.4, 0.5) is 5.95 Å². The number of nitrogens with zero attached hydrogens (tertiary/aromatic N) is 4. The highest BCUT2D eigenvalue weighted by molar-refractivity contribution is 5.85. The van der Waals surface area contributed by atoms with Gasteiger partial charge in [0.2, 0.25) is 5.95 Å². The van der Waals surface area contributed by atoms with Crippen LogP contribution in [-0.4, -0.2) is 59.2 Å². The summed E-state index contributed by atoms with van der Waals surface area (Å²) in [4.78, 5) is 23.4. The minimum absolute atomic E-state index is 0.222. The van der Waals surface area contributed by atoms with Gasteiger partial charge in [-0.15, -0.1) is 0 Å². The van der Waals surface area contributed by atoms with Gasteiger partial charge in [0.05, 0.1) is 0 Å². The van der Waals surface area contributed by atoms with Gasteiger partial charge in [-0.3, -0.25) is 0 Å². The monoisotopic (exact) mass is 290 g/mol. The second-order valence-corrected chi connectivity index (χ2v) is 5.82. The van der Waals surface area contributed by atoms with Crippen molar-refractivity contribution in [2.45, 2.75) is 24.8 Å². The van der Waals surface area contributed by atoms with Gasteiger partial charge in [-0.05, 0) is 39.4 Å². The Morgan fingerprint density at radius 2 is 1.95 bits per heavy atom. The first-order valence-corrected chi connectivity index (χ1v) is 7.05. The Bertz CT molecular complexity index is 521. The van der Waals surface area contributed by atoms with Crippen molar-refractivity contribution in [1.82, 2.24) is 14.9 Å². The molecule has 0 atom stereocenters. The number of hydrogen-bond donors (Lipinski definition) is 1. The number of carboxylic acids is 1. The molecule has 1 heterocycles. The lowest BCUT2D eigenvalue weighted by atomic mass is 9.75. The first-order chi connectivity index (χ1) is 9.93. The molecule has 1 saturated carbocycles. The van der Waals surface area contributed by atoms with Crippen molar-refractivity contribution in [3.8, 4) is 0 Å². The molecule has 21 heavy (non-hydrogen) atoms. The molecule has 0 aliphatic heterocycles. The van der Waals surface area contributed by atoms with Crippen LogP contribution in [0.2, 0.25) is 0 Å². The molecule has 114 valence electrons. The number of hydrogen-bond acceptors (Lipinski definition) is 5. The number of anilines is 1. The van der Waals surface area contributed by atoms with E-state index in [0.717, 1.165) is 12.6 Å². The molecule has 0 saturated heterocycles. The summed E-state index contributed by atoms with van der Waals surface area (Å²) in [6.45, 7) is 0.893. The number of carboxylic acid groups (broad SMARTS) is 1. The van der Waals surface area contributed by atoms with E-state index >= 15 is 0 Å². The van der Waals surface area contributed by atoms with Crippen LogP contribution in [0.15, 0.2) is 18.5 Å². The van der Waals surface area contributed by atoms with Crippen LogP contribution in [0.1, 0.15) is 24.8 Å². The van der Waals surface area contributed by atoms with E-state index in [0.29, 0.717) is 11.5 Å². The molecule has 2 rings (SSSR count). The van der Waals surface area contributed by atoms with Gasteiger partial charge in [0.25, 0.3) is 0 Å². The van der Waals surface area contributed by atoms with Crippen molar-refractivity contribution in [3.63, 3.8) is 0 Å². The van der Waals surface area contributed by atoms with Crippen molar-refractivity contribution in [3.05, 3.63) is 24.0 Å². The highest BCUT2D eigenvalue weighted by Gasteiger charge is 2.40. The van der Waals surface area contributed by atoms with Crippen molar-refractivity contribution >= 4 is 18.0 Å². The maximum absolute atomic E-state index is 10.5. The molecule has 1 aromatic rings. The summed E-state index contributed by atoms with van der Waals surface area (Å²) >= 11 is 0. The standard InChI is InChI=1S/C15H22N4O2/c1-18(2)15(7-4-8-15)11-19(3)14-16-9-12(10-17-14)5-6-13(20)21/h5-6,9-10H,4,7-8,11H2,1-3H3,(H,20,21)/b6-5+. The predicted octanol–water partition coefficient (Wildman–Crippen LogP) is 1.49. The summed E-state index contributed by atoms with van der Waals surface area (Å²) in [7, 11) is 6.23. The largest absolute Gasteiger partial charge is 0.478 e. The van der Waals surface area contributed by atoms with Crippen LogP contribution >= 0.6 is 0 Å². The normalized spacial score (nSPS) is 17.0. The SMILES string of the molecule is CN(CC1(N(C)C)CCC1)c1ncc(/C=C/C(=O)O)cn1. The molecule has 1 fully saturated rings. The molecule has 0 aromatic carbocycles. The third-order valence-corrected chi connectivity index (χ3v) is 4.18. The van der Waals surface area contributed by atoms with Crippen molar-refractivity contribution in [1.29, 1.82) is 0 Å². The fourth-order valence-electron chi connectivity index (χ4n) is 2.63. The van der Waals surface area contributed by atoms with Crippen molar-refractivity contribution < 1.29 is 9.90 Å². The van der Waals surface area contributed by atoms with Crippen molar-refractivity contribution in [2.75, 3.05) is 32.6 Å². The maximum Gasteiger partial charge on any atom is 0.328 e. The molecule has 6 heteroatoms. The highest BCUT2D eigenvalue weighted by atomic mass is 16.4. The van der Waals surface area contributed by atoms with Crippen LogP contribution in [0, 0.1) is 0 Å². The first kappa shape index (κ1) is 15.4. The molecule has 1 aromatic heterocycles. The first-order valence-electron chi connectivity index (χ1n) is 7.05. The van der Waals surface area contributed by atoms with E-state index in [1.165, 1.54) is 25.3 Å². The zero-order valence-corrected chi connectivity index (χ0v) is 12.8. The summed E-state index contributed by atoms with van der Waals surface area (Å²) in [5.74, 6) is -0.315. The number of aliphatic carboxylic acids is 1. The fraction of sp³-hybridized carbons (Fsp3) is 0.533. The van der Waals surface area contributed by atoms with Gasteiger partial charge < -0.3 is 14.9 Å².